The summed E-state index contributed by atoms with van der Waals surface area (Å²) in [7, 11) is 5.77. The highest BCUT2D eigenvalue weighted by Gasteiger charge is 2.24. The van der Waals surface area contributed by atoms with Gasteiger partial charge in [-0.15, -0.1) is 11.3 Å². The van der Waals surface area contributed by atoms with Gasteiger partial charge >= 0.3 is 5.97 Å². The van der Waals surface area contributed by atoms with Crippen LogP contribution in [0.2, 0.25) is 5.02 Å². The van der Waals surface area contributed by atoms with Gasteiger partial charge in [-0.1, -0.05) is 29.8 Å². The summed E-state index contributed by atoms with van der Waals surface area (Å²) in [5.41, 5.74) is 6.22. The number of rotatable bonds is 9. The number of halogens is 1. The third-order valence-corrected chi connectivity index (χ3v) is 8.94. The number of aryl methyl sites for hydroxylation is 1. The highest BCUT2D eigenvalue weighted by atomic mass is 35.5. The van der Waals surface area contributed by atoms with E-state index in [2.05, 4.69) is 59.8 Å². The molecular weight excluding hydrogens is 556 g/mol. The van der Waals surface area contributed by atoms with E-state index in [1.54, 1.807) is 18.4 Å². The average molecular weight is 591 g/mol. The van der Waals surface area contributed by atoms with E-state index >= 15 is 0 Å². The van der Waals surface area contributed by atoms with Crippen molar-refractivity contribution in [2.75, 3.05) is 26.5 Å². The Morgan fingerprint density at radius 2 is 2.07 bits per heavy atom. The molecule has 2 atom stereocenters. The van der Waals surface area contributed by atoms with Crippen molar-refractivity contribution in [3.05, 3.63) is 74.7 Å². The van der Waals surface area contributed by atoms with E-state index in [-0.39, 0.29) is 12.0 Å². The molecule has 0 saturated carbocycles. The Hall–Kier alpha value is -3.46. The quantitative estimate of drug-likeness (QED) is 0.205. The number of fused-ring (bicyclic) bond motifs is 1. The SMILES string of the molecule is COc1cc2nc(C)nc(NC(C)c3cc(-c4c(Cl)cccc4CN(C)C)cs3)c2cc1C1=CCC(C(=O)O)CC1. The number of hydrogen-bond acceptors (Lipinski definition) is 7. The second-order valence-corrected chi connectivity index (χ2v) is 12.2. The van der Waals surface area contributed by atoms with Gasteiger partial charge in [0.25, 0.3) is 0 Å². The van der Waals surface area contributed by atoms with Crippen molar-refractivity contribution in [3.8, 4) is 16.9 Å². The van der Waals surface area contributed by atoms with Crippen molar-refractivity contribution in [1.29, 1.82) is 0 Å². The van der Waals surface area contributed by atoms with Crippen LogP contribution in [0.3, 0.4) is 0 Å². The van der Waals surface area contributed by atoms with Gasteiger partial charge < -0.3 is 20.1 Å². The molecular formula is C32H35ClN4O3S. The van der Waals surface area contributed by atoms with Crippen LogP contribution in [0.15, 0.2) is 47.9 Å². The predicted octanol–water partition coefficient (Wildman–Crippen LogP) is 7.83. The molecule has 7 nitrogen and oxygen atoms in total. The number of carboxylic acid groups (broad SMARTS) is 1. The highest BCUT2D eigenvalue weighted by Crippen LogP contribution is 2.40. The zero-order valence-corrected chi connectivity index (χ0v) is 25.6. The average Bonchev–Trinajstić information content (AvgIpc) is 3.42. The van der Waals surface area contributed by atoms with E-state index in [4.69, 9.17) is 21.3 Å². The molecule has 0 spiro atoms. The van der Waals surface area contributed by atoms with Crippen LogP contribution in [0, 0.1) is 12.8 Å². The molecule has 2 N–H and O–H groups in total. The van der Waals surface area contributed by atoms with Crippen LogP contribution in [0.5, 0.6) is 5.75 Å². The van der Waals surface area contributed by atoms with Crippen LogP contribution in [0.25, 0.3) is 27.6 Å². The van der Waals surface area contributed by atoms with Gasteiger partial charge in [0.1, 0.15) is 17.4 Å². The number of benzene rings is 2. The lowest BCUT2D eigenvalue weighted by Crippen LogP contribution is -2.16. The van der Waals surface area contributed by atoms with Crippen molar-refractivity contribution in [3.63, 3.8) is 0 Å². The number of aliphatic carboxylic acids is 1. The topological polar surface area (TPSA) is 87.6 Å². The number of anilines is 1. The molecule has 0 bridgehead atoms. The summed E-state index contributed by atoms with van der Waals surface area (Å²) >= 11 is 8.38. The maximum Gasteiger partial charge on any atom is 0.306 e. The molecule has 0 radical (unpaired) electrons. The van der Waals surface area contributed by atoms with Crippen LogP contribution in [0.4, 0.5) is 5.82 Å². The molecule has 2 unspecified atom stereocenters. The van der Waals surface area contributed by atoms with E-state index in [9.17, 15) is 9.90 Å². The summed E-state index contributed by atoms with van der Waals surface area (Å²) in [6.45, 7) is 4.82. The Kier molecular flexibility index (Phi) is 8.63. The summed E-state index contributed by atoms with van der Waals surface area (Å²) < 4.78 is 5.75. The Bertz CT molecular complexity index is 1630. The molecule has 2 aromatic carbocycles. The minimum atomic E-state index is -0.740. The number of nitrogens with zero attached hydrogens (tertiary/aromatic N) is 3. The number of aromatic nitrogens is 2. The zero-order valence-electron chi connectivity index (χ0n) is 24.0. The van der Waals surface area contributed by atoms with Gasteiger partial charge in [-0.05, 0) is 87.5 Å². The van der Waals surface area contributed by atoms with Crippen LogP contribution < -0.4 is 10.1 Å². The number of nitrogens with one attached hydrogen (secondary N) is 1. The van der Waals surface area contributed by atoms with Gasteiger partial charge in [-0.2, -0.15) is 0 Å². The molecule has 5 rings (SSSR count). The molecule has 0 amide bonds. The van der Waals surface area contributed by atoms with Crippen LogP contribution >= 0.6 is 22.9 Å². The van der Waals surface area contributed by atoms with E-state index < -0.39 is 5.97 Å². The maximum absolute atomic E-state index is 11.5. The Labute approximate surface area is 249 Å². The molecule has 1 aliphatic carbocycles. The van der Waals surface area contributed by atoms with Gasteiger partial charge in [-0.3, -0.25) is 4.79 Å². The standard InChI is InChI=1S/C32H35ClN4O3S/c1-18(29-13-23(17-41-29)30-22(16-37(3)4)7-6-8-26(30)33)34-31-25-14-24(20-9-11-21(12-10-20)32(38)39)28(40-5)15-27(25)35-19(2)36-31/h6-9,13-15,17-18,21H,10-12,16H2,1-5H3,(H,38,39)(H,34,35,36). The molecule has 9 heteroatoms. The number of hydrogen-bond donors (Lipinski definition) is 2. The largest absolute Gasteiger partial charge is 0.496 e. The van der Waals surface area contributed by atoms with Gasteiger partial charge in [0.15, 0.2) is 0 Å². The predicted molar refractivity (Wildman–Crippen MR) is 168 cm³/mol. The fraction of sp³-hybridized carbons (Fsp3) is 0.344. The van der Waals surface area contributed by atoms with Crippen molar-refractivity contribution in [1.82, 2.24) is 14.9 Å². The molecule has 1 aliphatic rings. The molecule has 0 fully saturated rings. The number of methoxy groups -OCH3 is 1. The number of allylic oxidation sites excluding steroid dienone is 2. The highest BCUT2D eigenvalue weighted by molar-refractivity contribution is 7.10. The van der Waals surface area contributed by atoms with Crippen molar-refractivity contribution < 1.29 is 14.6 Å². The first-order valence-electron chi connectivity index (χ1n) is 13.7. The van der Waals surface area contributed by atoms with Gasteiger partial charge in [-0.25, -0.2) is 9.97 Å². The number of carbonyl (C=O) groups is 1. The normalized spacial score (nSPS) is 16.1. The lowest BCUT2D eigenvalue weighted by molar-refractivity contribution is -0.141. The third-order valence-electron chi connectivity index (χ3n) is 7.51. The second kappa shape index (κ2) is 12.2. The van der Waals surface area contributed by atoms with Crippen molar-refractivity contribution in [2.24, 2.45) is 5.92 Å². The molecule has 214 valence electrons. The van der Waals surface area contributed by atoms with E-state index in [1.807, 2.05) is 31.2 Å². The molecule has 41 heavy (non-hydrogen) atoms. The number of thiophene rings is 1. The summed E-state index contributed by atoms with van der Waals surface area (Å²) in [5, 5.41) is 16.9. The van der Waals surface area contributed by atoms with Crippen molar-refractivity contribution >= 4 is 51.2 Å². The fourth-order valence-electron chi connectivity index (χ4n) is 5.46. The first-order chi connectivity index (χ1) is 19.6. The first-order valence-corrected chi connectivity index (χ1v) is 15.0. The Morgan fingerprint density at radius 3 is 2.76 bits per heavy atom. The lowest BCUT2D eigenvalue weighted by Gasteiger charge is -2.21. The molecule has 4 aromatic rings. The van der Waals surface area contributed by atoms with Crippen LogP contribution in [-0.4, -0.2) is 47.1 Å². The molecule has 2 heterocycles. The molecule has 0 saturated heterocycles. The minimum absolute atomic E-state index is 0.0122. The second-order valence-electron chi connectivity index (χ2n) is 10.8. The van der Waals surface area contributed by atoms with E-state index in [0.717, 1.165) is 56.3 Å². The monoisotopic (exact) mass is 590 g/mol. The Morgan fingerprint density at radius 1 is 1.27 bits per heavy atom. The van der Waals surface area contributed by atoms with Crippen molar-refractivity contribution in [2.45, 2.75) is 45.7 Å². The maximum atomic E-state index is 11.5. The summed E-state index contributed by atoms with van der Waals surface area (Å²) in [4.78, 5) is 24.3. The smallest absolute Gasteiger partial charge is 0.306 e. The van der Waals surface area contributed by atoms with E-state index in [0.29, 0.717) is 25.1 Å². The van der Waals surface area contributed by atoms with E-state index in [1.165, 1.54) is 10.4 Å². The molecule has 0 aliphatic heterocycles. The van der Waals surface area contributed by atoms with Crippen LogP contribution in [-0.2, 0) is 11.3 Å². The van der Waals surface area contributed by atoms with Gasteiger partial charge in [0.2, 0.25) is 0 Å². The Balaban J connectivity index is 1.48. The number of carboxylic acids is 1. The zero-order chi connectivity index (χ0) is 29.3. The lowest BCUT2D eigenvalue weighted by atomic mass is 9.86. The molecule has 2 aromatic heterocycles. The van der Waals surface area contributed by atoms with Crippen LogP contribution in [0.1, 0.15) is 54.1 Å². The first kappa shape index (κ1) is 29.0. The third kappa shape index (κ3) is 6.25. The summed E-state index contributed by atoms with van der Waals surface area (Å²) in [6.07, 6.45) is 3.84. The van der Waals surface area contributed by atoms with Gasteiger partial charge in [0, 0.05) is 39.0 Å². The number of ether oxygens (including phenoxy) is 1. The van der Waals surface area contributed by atoms with Gasteiger partial charge in [0.05, 0.1) is 24.6 Å². The fourth-order valence-corrected chi connectivity index (χ4v) is 6.67. The minimum Gasteiger partial charge on any atom is -0.496 e. The summed E-state index contributed by atoms with van der Waals surface area (Å²) in [6, 6.07) is 12.3. The summed E-state index contributed by atoms with van der Waals surface area (Å²) in [5.74, 6) is 1.07.